The van der Waals surface area contributed by atoms with Gasteiger partial charge in [-0.1, -0.05) is 161 Å². The lowest BCUT2D eigenvalue weighted by Gasteiger charge is -2.36. The zero-order valence-corrected chi connectivity index (χ0v) is 27.9. The molecule has 0 amide bonds. The molecule has 45 heavy (non-hydrogen) atoms. The Morgan fingerprint density at radius 1 is 0.778 bits per heavy atom. The molecule has 1 aliphatic heterocycles. The zero-order chi connectivity index (χ0) is 31.3. The summed E-state index contributed by atoms with van der Waals surface area (Å²) in [6.45, 7) is 10.8. The molecule has 0 aliphatic carbocycles. The summed E-state index contributed by atoms with van der Waals surface area (Å²) >= 11 is 0. The second-order valence-electron chi connectivity index (χ2n) is 13.5. The number of hydrogen-bond donors (Lipinski definition) is 0. The van der Waals surface area contributed by atoms with Gasteiger partial charge in [0, 0.05) is 31.1 Å². The van der Waals surface area contributed by atoms with Gasteiger partial charge in [0.1, 0.15) is 12.4 Å². The van der Waals surface area contributed by atoms with E-state index >= 15 is 0 Å². The van der Waals surface area contributed by atoms with Gasteiger partial charge in [-0.3, -0.25) is 4.90 Å². The Labute approximate surface area is 273 Å². The first kappa shape index (κ1) is 32.8. The number of rotatable bonds is 15. The minimum absolute atomic E-state index is 0.109. The van der Waals surface area contributed by atoms with Gasteiger partial charge in [-0.15, -0.1) is 0 Å². The molecule has 0 saturated carbocycles. The number of ether oxygens (including phenoxy) is 1. The highest BCUT2D eigenvalue weighted by Crippen LogP contribution is 2.41. The predicted octanol–water partition coefficient (Wildman–Crippen LogP) is 11.1. The lowest BCUT2D eigenvalue weighted by atomic mass is 9.78. The fraction of sp³-hybridized carbons (Fsp3) is 0.395. The Morgan fingerprint density at radius 2 is 1.44 bits per heavy atom. The summed E-state index contributed by atoms with van der Waals surface area (Å²) in [6, 6.07) is 39.6. The Morgan fingerprint density at radius 3 is 2.13 bits per heavy atom. The first-order chi connectivity index (χ1) is 22.0. The van der Waals surface area contributed by atoms with Crippen LogP contribution in [0.1, 0.15) is 99.5 Å². The summed E-state index contributed by atoms with van der Waals surface area (Å²) in [6.07, 6.45) is 12.2. The van der Waals surface area contributed by atoms with Crippen LogP contribution in [0.15, 0.2) is 121 Å². The maximum absolute atomic E-state index is 6.79. The van der Waals surface area contributed by atoms with Crippen molar-refractivity contribution in [1.82, 2.24) is 4.90 Å². The van der Waals surface area contributed by atoms with E-state index in [4.69, 9.17) is 4.74 Å². The van der Waals surface area contributed by atoms with Crippen LogP contribution < -0.4 is 4.74 Å². The number of nitrogens with zero attached hydrogens (tertiary/aromatic N) is 1. The lowest BCUT2D eigenvalue weighted by Crippen LogP contribution is -2.35. The van der Waals surface area contributed by atoms with Crippen molar-refractivity contribution >= 4 is 0 Å². The van der Waals surface area contributed by atoms with Crippen LogP contribution in [0.5, 0.6) is 5.75 Å². The number of benzene rings is 4. The van der Waals surface area contributed by atoms with Crippen molar-refractivity contribution in [2.24, 2.45) is 0 Å². The van der Waals surface area contributed by atoms with Crippen LogP contribution in [-0.2, 0) is 25.0 Å². The molecule has 1 unspecified atom stereocenters. The quantitative estimate of drug-likeness (QED) is 0.0995. The van der Waals surface area contributed by atoms with E-state index in [1.54, 1.807) is 5.57 Å². The highest BCUT2D eigenvalue weighted by Gasteiger charge is 2.29. The summed E-state index contributed by atoms with van der Waals surface area (Å²) in [5, 5.41) is 0. The SMILES string of the molecule is CCCCCCC(C)(C)c1ccc(C2CN(Cc3ccccc3)CC/C2=C\CCc2ccccc2)c(OCc2ccccc2)c1. The summed E-state index contributed by atoms with van der Waals surface area (Å²) in [7, 11) is 0. The largest absolute Gasteiger partial charge is 0.489 e. The molecule has 1 aliphatic rings. The topological polar surface area (TPSA) is 12.5 Å². The molecular weight excluding hydrogens is 546 g/mol. The van der Waals surface area contributed by atoms with E-state index in [1.807, 2.05) is 0 Å². The summed E-state index contributed by atoms with van der Waals surface area (Å²) in [5.74, 6) is 1.37. The molecule has 236 valence electrons. The average Bonchev–Trinajstić information content (AvgIpc) is 3.08. The smallest absolute Gasteiger partial charge is 0.123 e. The van der Waals surface area contributed by atoms with Gasteiger partial charge in [-0.2, -0.15) is 0 Å². The average molecular weight is 600 g/mol. The van der Waals surface area contributed by atoms with E-state index in [0.29, 0.717) is 12.5 Å². The van der Waals surface area contributed by atoms with Gasteiger partial charge < -0.3 is 4.74 Å². The van der Waals surface area contributed by atoms with Gasteiger partial charge in [0.15, 0.2) is 0 Å². The lowest BCUT2D eigenvalue weighted by molar-refractivity contribution is 0.227. The van der Waals surface area contributed by atoms with Crippen molar-refractivity contribution in [3.63, 3.8) is 0 Å². The van der Waals surface area contributed by atoms with Crippen LogP contribution in [0.2, 0.25) is 0 Å². The first-order valence-electron chi connectivity index (χ1n) is 17.3. The summed E-state index contributed by atoms with van der Waals surface area (Å²) in [5.41, 5.74) is 8.39. The van der Waals surface area contributed by atoms with E-state index in [0.717, 1.165) is 44.6 Å². The van der Waals surface area contributed by atoms with Gasteiger partial charge >= 0.3 is 0 Å². The van der Waals surface area contributed by atoms with Crippen LogP contribution in [0.3, 0.4) is 0 Å². The van der Waals surface area contributed by atoms with Crippen molar-refractivity contribution in [1.29, 1.82) is 0 Å². The van der Waals surface area contributed by atoms with E-state index in [9.17, 15) is 0 Å². The van der Waals surface area contributed by atoms with Crippen molar-refractivity contribution in [2.45, 2.75) is 96.6 Å². The predicted molar refractivity (Wildman–Crippen MR) is 191 cm³/mol. The van der Waals surface area contributed by atoms with Gasteiger partial charge in [0.25, 0.3) is 0 Å². The third kappa shape index (κ3) is 9.68. The highest BCUT2D eigenvalue weighted by molar-refractivity contribution is 5.46. The van der Waals surface area contributed by atoms with E-state index in [-0.39, 0.29) is 5.41 Å². The molecule has 2 heteroatoms. The van der Waals surface area contributed by atoms with E-state index in [1.165, 1.54) is 59.9 Å². The fourth-order valence-corrected chi connectivity index (χ4v) is 6.77. The molecule has 0 bridgehead atoms. The maximum Gasteiger partial charge on any atom is 0.123 e. The van der Waals surface area contributed by atoms with Crippen LogP contribution in [0.4, 0.5) is 0 Å². The van der Waals surface area contributed by atoms with Gasteiger partial charge in [0.05, 0.1) is 0 Å². The number of hydrogen-bond acceptors (Lipinski definition) is 2. The number of piperidine rings is 1. The Bertz CT molecular complexity index is 1460. The summed E-state index contributed by atoms with van der Waals surface area (Å²) in [4.78, 5) is 2.64. The molecule has 5 rings (SSSR count). The Kier molecular flexibility index (Phi) is 12.1. The maximum atomic E-state index is 6.79. The van der Waals surface area contributed by atoms with Gasteiger partial charge in [-0.25, -0.2) is 0 Å². The Hall–Kier alpha value is -3.62. The zero-order valence-electron chi connectivity index (χ0n) is 27.9. The van der Waals surface area contributed by atoms with Crippen LogP contribution in [0.25, 0.3) is 0 Å². The third-order valence-electron chi connectivity index (χ3n) is 9.60. The molecule has 2 nitrogen and oxygen atoms in total. The third-order valence-corrected chi connectivity index (χ3v) is 9.60. The minimum atomic E-state index is 0.109. The van der Waals surface area contributed by atoms with Crippen LogP contribution in [-0.4, -0.2) is 18.0 Å². The molecule has 0 aromatic heterocycles. The van der Waals surface area contributed by atoms with Crippen molar-refractivity contribution < 1.29 is 4.74 Å². The fourth-order valence-electron chi connectivity index (χ4n) is 6.77. The minimum Gasteiger partial charge on any atom is -0.489 e. The number of allylic oxidation sites excluding steroid dienone is 1. The second kappa shape index (κ2) is 16.6. The monoisotopic (exact) mass is 599 g/mol. The molecule has 1 fully saturated rings. The molecular formula is C43H53NO. The molecule has 0 N–H and O–H groups in total. The Balaban J connectivity index is 1.45. The molecule has 0 spiro atoms. The second-order valence-corrected chi connectivity index (χ2v) is 13.5. The van der Waals surface area contributed by atoms with Crippen molar-refractivity contribution in [3.8, 4) is 5.75 Å². The molecule has 1 saturated heterocycles. The molecule has 1 atom stereocenters. The van der Waals surface area contributed by atoms with E-state index in [2.05, 4.69) is 141 Å². The van der Waals surface area contributed by atoms with Crippen molar-refractivity contribution in [2.75, 3.05) is 13.1 Å². The van der Waals surface area contributed by atoms with Crippen LogP contribution in [0, 0.1) is 0 Å². The van der Waals surface area contributed by atoms with Gasteiger partial charge in [-0.05, 0) is 59.4 Å². The number of likely N-dealkylation sites (tertiary alicyclic amines) is 1. The molecule has 4 aromatic rings. The first-order valence-corrected chi connectivity index (χ1v) is 17.3. The van der Waals surface area contributed by atoms with Crippen molar-refractivity contribution in [3.05, 3.63) is 149 Å². The standard InChI is InChI=1S/C43H53NO/c1-4-5-6-16-29-43(2,3)39-26-27-40(42(31-39)45-34-37-22-14-9-15-23-37)41-33-44(32-36-20-12-8-13-21-36)30-28-38(41)25-17-24-35-18-10-7-11-19-35/h7-15,18-23,25-27,31,41H,4-6,16-17,24,28-30,32-34H2,1-3H3/b38-25+. The molecule has 0 radical (unpaired) electrons. The number of aryl methyl sites for hydroxylation is 1. The summed E-state index contributed by atoms with van der Waals surface area (Å²) < 4.78 is 6.79. The van der Waals surface area contributed by atoms with E-state index < -0.39 is 0 Å². The van der Waals surface area contributed by atoms with Crippen LogP contribution >= 0.6 is 0 Å². The number of unbranched alkanes of at least 4 members (excludes halogenated alkanes) is 3. The molecule has 1 heterocycles. The van der Waals surface area contributed by atoms with Gasteiger partial charge in [0.2, 0.25) is 0 Å². The molecule has 4 aromatic carbocycles. The highest BCUT2D eigenvalue weighted by atomic mass is 16.5. The normalized spacial score (nSPS) is 16.6.